The summed E-state index contributed by atoms with van der Waals surface area (Å²) in [5, 5.41) is 2.07. The Morgan fingerprint density at radius 1 is 0.524 bits per heavy atom. The van der Waals surface area contributed by atoms with Gasteiger partial charge >= 0.3 is 0 Å². The maximum Gasteiger partial charge on any atom is 0.268 e. The molecule has 6 heteroatoms. The van der Waals surface area contributed by atoms with Gasteiger partial charge in [0.1, 0.15) is 0 Å². The molecule has 0 spiro atoms. The van der Waals surface area contributed by atoms with Crippen molar-refractivity contribution in [1.82, 2.24) is 14.5 Å². The Kier molecular flexibility index (Phi) is 5.34. The summed E-state index contributed by atoms with van der Waals surface area (Å²) in [4.78, 5) is 38.1. The highest BCUT2D eigenvalue weighted by Crippen LogP contribution is 2.39. The van der Waals surface area contributed by atoms with Crippen molar-refractivity contribution in [2.75, 3.05) is 4.90 Å². The Balaban J connectivity index is 1.43. The molecule has 42 heavy (non-hydrogen) atoms. The van der Waals surface area contributed by atoms with Crippen LogP contribution in [0.4, 0.5) is 5.69 Å². The molecule has 1 aliphatic heterocycles. The second kappa shape index (κ2) is 9.35. The van der Waals surface area contributed by atoms with Crippen LogP contribution in [0, 0.1) is 0 Å². The summed E-state index contributed by atoms with van der Waals surface area (Å²) >= 11 is 0. The third-order valence-electron chi connectivity index (χ3n) is 7.84. The molecular weight excluding hydrogens is 520 g/mol. The smallest absolute Gasteiger partial charge is 0.268 e. The first kappa shape index (κ1) is 24.0. The van der Waals surface area contributed by atoms with E-state index in [1.165, 1.54) is 4.90 Å². The topological polar surface area (TPSA) is 68.1 Å². The molecule has 2 amide bonds. The number of amides is 2. The predicted octanol–water partition coefficient (Wildman–Crippen LogP) is 7.71. The van der Waals surface area contributed by atoms with Gasteiger partial charge in [-0.25, -0.2) is 4.90 Å². The molecule has 0 fully saturated rings. The number of hydrogen-bond donors (Lipinski definition) is 0. The number of aromatic nitrogens is 3. The van der Waals surface area contributed by atoms with Gasteiger partial charge in [0.05, 0.1) is 44.9 Å². The zero-order valence-corrected chi connectivity index (χ0v) is 22.3. The van der Waals surface area contributed by atoms with Crippen LogP contribution in [0.25, 0.3) is 50.0 Å². The Labute approximate surface area is 241 Å². The molecule has 6 nitrogen and oxygen atoms in total. The first-order valence-corrected chi connectivity index (χ1v) is 13.7. The average molecular weight is 543 g/mol. The van der Waals surface area contributed by atoms with Crippen molar-refractivity contribution in [2.45, 2.75) is 0 Å². The first-order chi connectivity index (χ1) is 20.7. The van der Waals surface area contributed by atoms with Gasteiger partial charge in [0.2, 0.25) is 0 Å². The SMILES string of the molecule is O=C1c2cccc(-n3c4cc(-c5ccccn5)ccc4c4ccc(-c5ccccn5)cc43)c2C(=O)N1c1ccccc1. The summed E-state index contributed by atoms with van der Waals surface area (Å²) in [5.74, 6) is -0.666. The molecule has 0 unspecified atom stereocenters. The third kappa shape index (κ3) is 3.59. The van der Waals surface area contributed by atoms with Gasteiger partial charge in [-0.3, -0.25) is 19.6 Å². The summed E-state index contributed by atoms with van der Waals surface area (Å²) in [6.45, 7) is 0. The minimum Gasteiger partial charge on any atom is -0.308 e. The van der Waals surface area contributed by atoms with E-state index >= 15 is 0 Å². The number of imide groups is 1. The lowest BCUT2D eigenvalue weighted by atomic mass is 10.1. The van der Waals surface area contributed by atoms with Gasteiger partial charge in [-0.15, -0.1) is 0 Å². The lowest BCUT2D eigenvalue weighted by Gasteiger charge is -2.15. The van der Waals surface area contributed by atoms with Crippen LogP contribution in [0.2, 0.25) is 0 Å². The number of rotatable bonds is 4. The van der Waals surface area contributed by atoms with Gasteiger partial charge in [-0.2, -0.15) is 0 Å². The van der Waals surface area contributed by atoms with Gasteiger partial charge in [0.25, 0.3) is 11.8 Å². The second-order valence-electron chi connectivity index (χ2n) is 10.2. The Morgan fingerprint density at radius 2 is 1.12 bits per heavy atom. The molecule has 4 aromatic carbocycles. The Bertz CT molecular complexity index is 2080. The molecule has 0 radical (unpaired) electrons. The monoisotopic (exact) mass is 542 g/mol. The molecule has 0 N–H and O–H groups in total. The van der Waals surface area contributed by atoms with E-state index in [0.29, 0.717) is 22.5 Å². The summed E-state index contributed by atoms with van der Waals surface area (Å²) in [6.07, 6.45) is 3.56. The third-order valence-corrected chi connectivity index (χ3v) is 7.84. The number of fused-ring (bicyclic) bond motifs is 4. The van der Waals surface area contributed by atoms with Gasteiger partial charge in [0.15, 0.2) is 0 Å². The molecule has 0 bridgehead atoms. The maximum absolute atomic E-state index is 14.0. The van der Waals surface area contributed by atoms with Crippen molar-refractivity contribution in [3.05, 3.63) is 145 Å². The average Bonchev–Trinajstić information content (AvgIpc) is 3.52. The van der Waals surface area contributed by atoms with E-state index in [4.69, 9.17) is 0 Å². The number of carbonyl (C=O) groups excluding carboxylic acids is 2. The molecule has 198 valence electrons. The molecule has 0 saturated carbocycles. The van der Waals surface area contributed by atoms with Crippen LogP contribution in [0.1, 0.15) is 20.7 Å². The number of para-hydroxylation sites is 1. The van der Waals surface area contributed by atoms with Gasteiger partial charge in [-0.1, -0.05) is 60.7 Å². The van der Waals surface area contributed by atoms with Crippen LogP contribution < -0.4 is 4.90 Å². The molecule has 0 atom stereocenters. The van der Waals surface area contributed by atoms with Gasteiger partial charge < -0.3 is 4.57 Å². The number of nitrogens with zero attached hydrogens (tertiary/aromatic N) is 4. The summed E-state index contributed by atoms with van der Waals surface area (Å²) in [6, 6.07) is 38.8. The molecule has 0 saturated heterocycles. The number of anilines is 1. The quantitative estimate of drug-likeness (QED) is 0.214. The van der Waals surface area contributed by atoms with E-state index in [1.807, 2.05) is 66.7 Å². The van der Waals surface area contributed by atoms with Crippen LogP contribution in [0.5, 0.6) is 0 Å². The van der Waals surface area contributed by atoms with Crippen molar-refractivity contribution in [3.63, 3.8) is 0 Å². The molecule has 7 aromatic rings. The van der Waals surface area contributed by atoms with E-state index in [-0.39, 0.29) is 11.8 Å². The second-order valence-corrected chi connectivity index (χ2v) is 10.2. The fourth-order valence-electron chi connectivity index (χ4n) is 5.93. The van der Waals surface area contributed by atoms with Crippen LogP contribution in [-0.2, 0) is 0 Å². The fraction of sp³-hybridized carbons (Fsp3) is 0. The minimum absolute atomic E-state index is 0.327. The molecule has 3 aromatic heterocycles. The number of benzene rings is 4. The van der Waals surface area contributed by atoms with Gasteiger partial charge in [-0.05, 0) is 60.7 Å². The van der Waals surface area contributed by atoms with E-state index in [9.17, 15) is 9.59 Å². The zero-order chi connectivity index (χ0) is 28.2. The maximum atomic E-state index is 14.0. The predicted molar refractivity (Wildman–Crippen MR) is 165 cm³/mol. The summed E-state index contributed by atoms with van der Waals surface area (Å²) < 4.78 is 2.10. The van der Waals surface area contributed by atoms with E-state index < -0.39 is 0 Å². The molecule has 4 heterocycles. The molecule has 0 aliphatic carbocycles. The number of hydrogen-bond acceptors (Lipinski definition) is 4. The van der Waals surface area contributed by atoms with Gasteiger partial charge in [0, 0.05) is 34.3 Å². The van der Waals surface area contributed by atoms with Crippen molar-refractivity contribution < 1.29 is 9.59 Å². The minimum atomic E-state index is -0.339. The van der Waals surface area contributed by atoms with E-state index in [2.05, 4.69) is 50.9 Å². The van der Waals surface area contributed by atoms with E-state index in [1.54, 1.807) is 30.6 Å². The standard InChI is InChI=1S/C36H22N4O2/c41-35-28-11-8-14-31(34(28)36(42)39(35)25-9-2-1-3-10-25)40-32-21-23(29-12-4-6-19-37-29)15-17-26(32)27-18-16-24(22-33(27)40)30-13-5-7-20-38-30/h1-22H. The Morgan fingerprint density at radius 3 is 1.69 bits per heavy atom. The van der Waals surface area contributed by atoms with Crippen LogP contribution in [-0.4, -0.2) is 26.3 Å². The summed E-state index contributed by atoms with van der Waals surface area (Å²) in [5.41, 5.74) is 7.42. The Hall–Kier alpha value is -5.88. The fourth-order valence-corrected chi connectivity index (χ4v) is 5.93. The number of pyridine rings is 2. The molecular formula is C36H22N4O2. The number of carbonyl (C=O) groups is 2. The molecule has 8 rings (SSSR count). The van der Waals surface area contributed by atoms with E-state index in [0.717, 1.165) is 44.3 Å². The highest BCUT2D eigenvalue weighted by atomic mass is 16.2. The zero-order valence-electron chi connectivity index (χ0n) is 22.3. The van der Waals surface area contributed by atoms with Crippen molar-refractivity contribution in [3.8, 4) is 28.2 Å². The highest BCUT2D eigenvalue weighted by molar-refractivity contribution is 6.35. The van der Waals surface area contributed by atoms with Crippen LogP contribution in [0.15, 0.2) is 134 Å². The summed E-state index contributed by atoms with van der Waals surface area (Å²) in [7, 11) is 0. The lowest BCUT2D eigenvalue weighted by molar-refractivity contribution is 0.0926. The molecule has 1 aliphatic rings. The van der Waals surface area contributed by atoms with Crippen LogP contribution in [0.3, 0.4) is 0 Å². The van der Waals surface area contributed by atoms with Crippen molar-refractivity contribution in [2.24, 2.45) is 0 Å². The van der Waals surface area contributed by atoms with Crippen LogP contribution >= 0.6 is 0 Å². The normalized spacial score (nSPS) is 12.8. The van der Waals surface area contributed by atoms with Crippen molar-refractivity contribution >= 4 is 39.3 Å². The highest BCUT2D eigenvalue weighted by Gasteiger charge is 2.39. The first-order valence-electron chi connectivity index (χ1n) is 13.7. The lowest BCUT2D eigenvalue weighted by Crippen LogP contribution is -2.29. The van der Waals surface area contributed by atoms with Crippen molar-refractivity contribution in [1.29, 1.82) is 0 Å². The largest absolute Gasteiger partial charge is 0.308 e.